The lowest BCUT2D eigenvalue weighted by molar-refractivity contribution is 0.0536. The number of fused-ring (bicyclic) bond motifs is 1. The van der Waals surface area contributed by atoms with Crippen LogP contribution in [-0.4, -0.2) is 38.6 Å². The van der Waals surface area contributed by atoms with E-state index in [-0.39, 0.29) is 6.42 Å². The van der Waals surface area contributed by atoms with Gasteiger partial charge >= 0.3 is 0 Å². The van der Waals surface area contributed by atoms with Gasteiger partial charge in [-0.2, -0.15) is 14.6 Å². The SMILES string of the molecule is Cc1cc(N2CCC3(CC2)CC3(F)F)n2ncnc2n1. The Labute approximate surface area is 114 Å². The largest absolute Gasteiger partial charge is 0.356 e. The van der Waals surface area contributed by atoms with E-state index in [1.54, 1.807) is 4.52 Å². The second kappa shape index (κ2) is 3.65. The number of piperidine rings is 1. The van der Waals surface area contributed by atoms with Gasteiger partial charge in [-0.1, -0.05) is 0 Å². The lowest BCUT2D eigenvalue weighted by atomic mass is 9.93. The van der Waals surface area contributed by atoms with Crippen LogP contribution >= 0.6 is 0 Å². The van der Waals surface area contributed by atoms with Gasteiger partial charge in [-0.25, -0.2) is 13.8 Å². The van der Waals surface area contributed by atoms with Gasteiger partial charge in [-0.3, -0.25) is 0 Å². The maximum atomic E-state index is 13.4. The van der Waals surface area contributed by atoms with Crippen LogP contribution in [0.2, 0.25) is 0 Å². The second-order valence-electron chi connectivity index (χ2n) is 5.88. The number of alkyl halides is 2. The van der Waals surface area contributed by atoms with Crippen molar-refractivity contribution < 1.29 is 8.78 Å². The predicted molar refractivity (Wildman–Crippen MR) is 69.0 cm³/mol. The minimum Gasteiger partial charge on any atom is -0.356 e. The van der Waals surface area contributed by atoms with Gasteiger partial charge < -0.3 is 4.90 Å². The molecule has 1 aliphatic heterocycles. The summed E-state index contributed by atoms with van der Waals surface area (Å²) in [7, 11) is 0. The molecule has 2 aliphatic rings. The molecule has 0 N–H and O–H groups in total. The third-order valence-electron chi connectivity index (χ3n) is 4.62. The monoisotopic (exact) mass is 279 g/mol. The summed E-state index contributed by atoms with van der Waals surface area (Å²) in [4.78, 5) is 10.5. The Morgan fingerprint density at radius 1 is 1.25 bits per heavy atom. The lowest BCUT2D eigenvalue weighted by Gasteiger charge is -2.33. The van der Waals surface area contributed by atoms with Gasteiger partial charge in [0, 0.05) is 36.7 Å². The average Bonchev–Trinajstić information content (AvgIpc) is 2.76. The molecule has 7 heteroatoms. The Hall–Kier alpha value is -1.79. The lowest BCUT2D eigenvalue weighted by Crippen LogP contribution is -2.37. The Kier molecular flexibility index (Phi) is 2.19. The Morgan fingerprint density at radius 2 is 1.95 bits per heavy atom. The zero-order valence-electron chi connectivity index (χ0n) is 11.2. The number of hydrogen-bond donors (Lipinski definition) is 0. The van der Waals surface area contributed by atoms with Crippen LogP contribution in [0.1, 0.15) is 25.0 Å². The number of anilines is 1. The summed E-state index contributed by atoms with van der Waals surface area (Å²) >= 11 is 0. The fourth-order valence-electron chi connectivity index (χ4n) is 3.22. The van der Waals surface area contributed by atoms with E-state index in [0.29, 0.717) is 31.7 Å². The van der Waals surface area contributed by atoms with Crippen LogP contribution in [0.4, 0.5) is 14.6 Å². The summed E-state index contributed by atoms with van der Waals surface area (Å²) < 4.78 is 28.5. The smallest absolute Gasteiger partial charge is 0.254 e. The molecular formula is C13H15F2N5. The molecular weight excluding hydrogens is 264 g/mol. The van der Waals surface area contributed by atoms with E-state index in [4.69, 9.17) is 0 Å². The van der Waals surface area contributed by atoms with Gasteiger partial charge in [0.25, 0.3) is 11.7 Å². The van der Waals surface area contributed by atoms with Crippen molar-refractivity contribution >= 4 is 11.6 Å². The van der Waals surface area contributed by atoms with Gasteiger partial charge in [-0.15, -0.1) is 0 Å². The molecule has 2 aromatic rings. The van der Waals surface area contributed by atoms with E-state index in [9.17, 15) is 8.78 Å². The van der Waals surface area contributed by atoms with Crippen molar-refractivity contribution in [2.24, 2.45) is 5.41 Å². The molecule has 4 rings (SSSR count). The number of nitrogens with zero attached hydrogens (tertiary/aromatic N) is 5. The molecule has 1 saturated heterocycles. The summed E-state index contributed by atoms with van der Waals surface area (Å²) in [6.45, 7) is 3.17. The van der Waals surface area contributed by atoms with Crippen LogP contribution in [0, 0.1) is 12.3 Å². The number of halogens is 2. The van der Waals surface area contributed by atoms with E-state index in [2.05, 4.69) is 20.0 Å². The van der Waals surface area contributed by atoms with Crippen molar-refractivity contribution in [3.63, 3.8) is 0 Å². The van der Waals surface area contributed by atoms with Crippen molar-refractivity contribution in [2.45, 2.75) is 32.1 Å². The number of hydrogen-bond acceptors (Lipinski definition) is 4. The molecule has 3 heterocycles. The topological polar surface area (TPSA) is 46.3 Å². The van der Waals surface area contributed by atoms with Crippen molar-refractivity contribution in [3.8, 4) is 0 Å². The first-order valence-corrected chi connectivity index (χ1v) is 6.81. The van der Waals surface area contributed by atoms with Gasteiger partial charge in [0.2, 0.25) is 0 Å². The first-order valence-electron chi connectivity index (χ1n) is 6.81. The Morgan fingerprint density at radius 3 is 2.60 bits per heavy atom. The van der Waals surface area contributed by atoms with Gasteiger partial charge in [-0.05, 0) is 19.8 Å². The highest BCUT2D eigenvalue weighted by molar-refractivity contribution is 5.47. The normalized spacial score (nSPS) is 23.4. The first-order chi connectivity index (χ1) is 9.51. The van der Waals surface area contributed by atoms with E-state index < -0.39 is 11.3 Å². The highest BCUT2D eigenvalue weighted by atomic mass is 19.3. The molecule has 1 saturated carbocycles. The van der Waals surface area contributed by atoms with Crippen LogP contribution in [0.25, 0.3) is 5.78 Å². The van der Waals surface area contributed by atoms with Crippen LogP contribution in [0.3, 0.4) is 0 Å². The third-order valence-corrected chi connectivity index (χ3v) is 4.62. The molecule has 2 aromatic heterocycles. The van der Waals surface area contributed by atoms with E-state index in [1.165, 1.54) is 6.33 Å². The maximum absolute atomic E-state index is 13.4. The summed E-state index contributed by atoms with van der Waals surface area (Å²) in [6, 6.07) is 1.94. The standard InChI is InChI=1S/C13H15F2N5/c1-9-6-10(20-11(18-9)16-8-17-20)19-4-2-12(3-5-19)7-13(12,14)15/h6,8H,2-5,7H2,1H3. The molecule has 1 aliphatic carbocycles. The molecule has 2 fully saturated rings. The van der Waals surface area contributed by atoms with Gasteiger partial charge in [0.05, 0.1) is 0 Å². The third kappa shape index (κ3) is 1.55. The zero-order valence-corrected chi connectivity index (χ0v) is 11.2. The summed E-state index contributed by atoms with van der Waals surface area (Å²) in [5.74, 6) is -1.00. The number of rotatable bonds is 1. The highest BCUT2D eigenvalue weighted by Gasteiger charge is 2.70. The summed E-state index contributed by atoms with van der Waals surface area (Å²) in [5, 5.41) is 4.17. The maximum Gasteiger partial charge on any atom is 0.254 e. The van der Waals surface area contributed by atoms with Crippen molar-refractivity contribution in [1.29, 1.82) is 0 Å². The number of aromatic nitrogens is 4. The first kappa shape index (κ1) is 12.0. The second-order valence-corrected chi connectivity index (χ2v) is 5.88. The van der Waals surface area contributed by atoms with Crippen LogP contribution in [0.5, 0.6) is 0 Å². The van der Waals surface area contributed by atoms with E-state index >= 15 is 0 Å². The van der Waals surface area contributed by atoms with Crippen molar-refractivity contribution in [2.75, 3.05) is 18.0 Å². The van der Waals surface area contributed by atoms with Crippen molar-refractivity contribution in [1.82, 2.24) is 19.6 Å². The Bertz CT molecular complexity index is 672. The molecule has 0 bridgehead atoms. The van der Waals surface area contributed by atoms with E-state index in [0.717, 1.165) is 11.5 Å². The fraction of sp³-hybridized carbons (Fsp3) is 0.615. The average molecular weight is 279 g/mol. The van der Waals surface area contributed by atoms with Crippen LogP contribution in [0.15, 0.2) is 12.4 Å². The van der Waals surface area contributed by atoms with Crippen LogP contribution < -0.4 is 4.90 Å². The molecule has 20 heavy (non-hydrogen) atoms. The minimum atomic E-state index is -2.45. The van der Waals surface area contributed by atoms with Crippen LogP contribution in [-0.2, 0) is 0 Å². The fourth-order valence-corrected chi connectivity index (χ4v) is 3.22. The molecule has 0 radical (unpaired) electrons. The quantitative estimate of drug-likeness (QED) is 0.801. The summed E-state index contributed by atoms with van der Waals surface area (Å²) in [6.07, 6.45) is 2.60. The predicted octanol–water partition coefficient (Wildman–Crippen LogP) is 2.06. The highest BCUT2D eigenvalue weighted by Crippen LogP contribution is 2.65. The molecule has 106 valence electrons. The van der Waals surface area contributed by atoms with Gasteiger partial charge in [0.15, 0.2) is 0 Å². The van der Waals surface area contributed by atoms with Gasteiger partial charge in [0.1, 0.15) is 12.1 Å². The number of aryl methyl sites for hydroxylation is 1. The van der Waals surface area contributed by atoms with Crippen molar-refractivity contribution in [3.05, 3.63) is 18.1 Å². The summed E-state index contributed by atoms with van der Waals surface area (Å²) in [5.41, 5.74) is 0.130. The zero-order chi connectivity index (χ0) is 14.0. The minimum absolute atomic E-state index is 0.0575. The Balaban J connectivity index is 1.63. The molecule has 0 amide bonds. The molecule has 0 aromatic carbocycles. The van der Waals surface area contributed by atoms with E-state index in [1.807, 2.05) is 13.0 Å². The molecule has 1 spiro atoms. The molecule has 0 atom stereocenters. The molecule has 0 unspecified atom stereocenters. The molecule has 5 nitrogen and oxygen atoms in total.